The monoisotopic (exact) mass is 404 g/mol. The zero-order valence-corrected chi connectivity index (χ0v) is 17.1. The van der Waals surface area contributed by atoms with E-state index in [4.69, 9.17) is 18.7 Å². The second-order valence-electron chi connectivity index (χ2n) is 6.94. The van der Waals surface area contributed by atoms with Crippen molar-refractivity contribution in [1.29, 1.82) is 0 Å². The number of rotatable bonds is 9. The Labute approximate surface area is 170 Å². The van der Waals surface area contributed by atoms with E-state index in [0.717, 1.165) is 24.9 Å². The third kappa shape index (κ3) is 5.45. The highest BCUT2D eigenvalue weighted by atomic mass is 16.5. The summed E-state index contributed by atoms with van der Waals surface area (Å²) in [5.41, 5.74) is 0.784. The van der Waals surface area contributed by atoms with E-state index in [-0.39, 0.29) is 11.8 Å². The molecule has 9 heteroatoms. The van der Waals surface area contributed by atoms with Gasteiger partial charge < -0.3 is 24.1 Å². The van der Waals surface area contributed by atoms with Gasteiger partial charge in [0.15, 0.2) is 11.5 Å². The summed E-state index contributed by atoms with van der Waals surface area (Å²) >= 11 is 0. The summed E-state index contributed by atoms with van der Waals surface area (Å²) in [5, 5.41) is 7.00. The topological polar surface area (TPSA) is 99.0 Å². The molecule has 1 aromatic heterocycles. The van der Waals surface area contributed by atoms with Crippen LogP contribution in [0.1, 0.15) is 18.7 Å². The number of nitrogens with zero attached hydrogens (tertiary/aromatic N) is 3. The Morgan fingerprint density at radius 3 is 2.86 bits per heavy atom. The van der Waals surface area contributed by atoms with Gasteiger partial charge in [0.05, 0.1) is 33.3 Å². The fraction of sp³-hybridized carbons (Fsp3) is 0.550. The number of hydrogen-bond donors (Lipinski definition) is 1. The van der Waals surface area contributed by atoms with E-state index < -0.39 is 0 Å². The molecule has 2 aromatic rings. The van der Waals surface area contributed by atoms with Crippen LogP contribution >= 0.6 is 0 Å². The lowest BCUT2D eigenvalue weighted by Gasteiger charge is -2.30. The van der Waals surface area contributed by atoms with E-state index in [9.17, 15) is 4.79 Å². The summed E-state index contributed by atoms with van der Waals surface area (Å²) in [6.45, 7) is 3.14. The number of methoxy groups -OCH3 is 3. The number of ether oxygens (including phenoxy) is 3. The SMILES string of the molecule is COCCNC(=O)C1CCCN(Cc2nc(-c3ccc(OC)c(OC)c3)no2)C1. The standard InChI is InChI=1S/C20H28N4O5/c1-26-10-8-21-20(25)15-5-4-9-24(12-15)13-18-22-19(23-29-18)14-6-7-16(27-2)17(11-14)28-3/h6-7,11,15H,4-5,8-10,12-13H2,1-3H3,(H,21,25). The van der Waals surface area contributed by atoms with Gasteiger partial charge >= 0.3 is 0 Å². The van der Waals surface area contributed by atoms with Crippen LogP contribution in [-0.2, 0) is 16.1 Å². The molecule has 1 N–H and O–H groups in total. The van der Waals surface area contributed by atoms with Crippen molar-refractivity contribution in [1.82, 2.24) is 20.4 Å². The molecule has 1 aliphatic heterocycles. The predicted octanol–water partition coefficient (Wildman–Crippen LogP) is 1.73. The molecule has 3 rings (SSSR count). The Bertz CT molecular complexity index is 810. The number of piperidine rings is 1. The third-order valence-electron chi connectivity index (χ3n) is 4.95. The van der Waals surface area contributed by atoms with E-state index >= 15 is 0 Å². The summed E-state index contributed by atoms with van der Waals surface area (Å²) in [7, 11) is 4.80. The second kappa shape index (κ2) is 10.2. The molecule has 1 atom stereocenters. The van der Waals surface area contributed by atoms with Gasteiger partial charge in [-0.1, -0.05) is 5.16 Å². The molecule has 9 nitrogen and oxygen atoms in total. The number of amides is 1. The summed E-state index contributed by atoms with van der Waals surface area (Å²) < 4.78 is 21.0. The molecule has 29 heavy (non-hydrogen) atoms. The largest absolute Gasteiger partial charge is 0.493 e. The summed E-state index contributed by atoms with van der Waals surface area (Å²) in [6, 6.07) is 5.48. The van der Waals surface area contributed by atoms with E-state index in [2.05, 4.69) is 20.4 Å². The van der Waals surface area contributed by atoms with E-state index in [1.54, 1.807) is 21.3 Å². The normalized spacial score (nSPS) is 17.1. The van der Waals surface area contributed by atoms with Crippen LogP contribution in [0.5, 0.6) is 11.5 Å². The van der Waals surface area contributed by atoms with E-state index in [1.165, 1.54) is 0 Å². The maximum absolute atomic E-state index is 12.3. The van der Waals surface area contributed by atoms with E-state index in [1.807, 2.05) is 18.2 Å². The van der Waals surface area contributed by atoms with Gasteiger partial charge in [-0.25, -0.2) is 0 Å². The van der Waals surface area contributed by atoms with Crippen molar-refractivity contribution in [3.05, 3.63) is 24.1 Å². The van der Waals surface area contributed by atoms with Gasteiger partial charge in [0.25, 0.3) is 0 Å². The first kappa shape index (κ1) is 21.1. The quantitative estimate of drug-likeness (QED) is 0.631. The van der Waals surface area contributed by atoms with Crippen molar-refractivity contribution in [2.45, 2.75) is 19.4 Å². The molecule has 0 spiro atoms. The van der Waals surface area contributed by atoms with Crippen LogP contribution in [-0.4, -0.2) is 68.5 Å². The maximum atomic E-state index is 12.3. The summed E-state index contributed by atoms with van der Waals surface area (Å²) in [6.07, 6.45) is 1.84. The molecule has 0 radical (unpaired) electrons. The number of hydrogen-bond acceptors (Lipinski definition) is 8. The Kier molecular flexibility index (Phi) is 7.42. The van der Waals surface area contributed by atoms with Crippen LogP contribution in [0.15, 0.2) is 22.7 Å². The van der Waals surface area contributed by atoms with Crippen molar-refractivity contribution in [3.8, 4) is 22.9 Å². The fourth-order valence-electron chi connectivity index (χ4n) is 3.44. The lowest BCUT2D eigenvalue weighted by molar-refractivity contribution is -0.127. The molecular formula is C20H28N4O5. The molecule has 1 fully saturated rings. The van der Waals surface area contributed by atoms with Crippen LogP contribution in [0, 0.1) is 5.92 Å². The first-order chi connectivity index (χ1) is 14.1. The molecule has 1 aliphatic rings. The Hall–Kier alpha value is -2.65. The highest BCUT2D eigenvalue weighted by Crippen LogP contribution is 2.31. The smallest absolute Gasteiger partial charge is 0.241 e. The molecule has 158 valence electrons. The molecule has 0 aliphatic carbocycles. The van der Waals surface area contributed by atoms with Crippen LogP contribution in [0.2, 0.25) is 0 Å². The highest BCUT2D eigenvalue weighted by Gasteiger charge is 2.26. The molecule has 1 unspecified atom stereocenters. The Morgan fingerprint density at radius 1 is 1.28 bits per heavy atom. The van der Waals surface area contributed by atoms with Crippen LogP contribution in [0.25, 0.3) is 11.4 Å². The van der Waals surface area contributed by atoms with Gasteiger partial charge in [-0.3, -0.25) is 9.69 Å². The van der Waals surface area contributed by atoms with Gasteiger partial charge in [0, 0.05) is 25.8 Å². The summed E-state index contributed by atoms with van der Waals surface area (Å²) in [4.78, 5) is 19.0. The number of nitrogens with one attached hydrogen (secondary N) is 1. The third-order valence-corrected chi connectivity index (χ3v) is 4.95. The molecule has 2 heterocycles. The minimum absolute atomic E-state index is 0.0335. The molecule has 0 bridgehead atoms. The number of aromatic nitrogens is 2. The zero-order valence-electron chi connectivity index (χ0n) is 17.1. The van der Waals surface area contributed by atoms with Crippen molar-refractivity contribution >= 4 is 5.91 Å². The van der Waals surface area contributed by atoms with Crippen molar-refractivity contribution in [3.63, 3.8) is 0 Å². The number of likely N-dealkylation sites (tertiary alicyclic amines) is 1. The minimum Gasteiger partial charge on any atom is -0.493 e. The average Bonchev–Trinajstić information content (AvgIpc) is 3.22. The van der Waals surface area contributed by atoms with Crippen molar-refractivity contribution in [2.24, 2.45) is 5.92 Å². The Morgan fingerprint density at radius 2 is 2.10 bits per heavy atom. The molecular weight excluding hydrogens is 376 g/mol. The molecule has 1 saturated heterocycles. The van der Waals surface area contributed by atoms with Crippen LogP contribution in [0.4, 0.5) is 0 Å². The lowest BCUT2D eigenvalue weighted by Crippen LogP contribution is -2.43. The van der Waals surface area contributed by atoms with Gasteiger partial charge in [-0.05, 0) is 37.6 Å². The van der Waals surface area contributed by atoms with Crippen molar-refractivity contribution in [2.75, 3.05) is 47.6 Å². The highest BCUT2D eigenvalue weighted by molar-refractivity contribution is 5.78. The number of carbonyl (C=O) groups is 1. The predicted molar refractivity (Wildman–Crippen MR) is 106 cm³/mol. The molecule has 0 saturated carbocycles. The Balaban J connectivity index is 1.60. The fourth-order valence-corrected chi connectivity index (χ4v) is 3.44. The van der Waals surface area contributed by atoms with Crippen LogP contribution in [0.3, 0.4) is 0 Å². The maximum Gasteiger partial charge on any atom is 0.241 e. The lowest BCUT2D eigenvalue weighted by atomic mass is 9.97. The van der Waals surface area contributed by atoms with Gasteiger partial charge in [-0.15, -0.1) is 0 Å². The number of benzene rings is 1. The summed E-state index contributed by atoms with van der Waals surface area (Å²) in [5.74, 6) is 2.30. The number of carbonyl (C=O) groups excluding carboxylic acids is 1. The van der Waals surface area contributed by atoms with Gasteiger partial charge in [0.1, 0.15) is 0 Å². The zero-order chi connectivity index (χ0) is 20.6. The van der Waals surface area contributed by atoms with Crippen LogP contribution < -0.4 is 14.8 Å². The first-order valence-electron chi connectivity index (χ1n) is 9.68. The second-order valence-corrected chi connectivity index (χ2v) is 6.94. The molecule has 1 aromatic carbocycles. The van der Waals surface area contributed by atoms with E-state index in [0.29, 0.717) is 49.5 Å². The van der Waals surface area contributed by atoms with Gasteiger partial charge in [-0.2, -0.15) is 4.98 Å². The first-order valence-corrected chi connectivity index (χ1v) is 9.68. The van der Waals surface area contributed by atoms with Crippen molar-refractivity contribution < 1.29 is 23.5 Å². The average molecular weight is 404 g/mol. The minimum atomic E-state index is -0.0335. The molecule has 1 amide bonds. The van der Waals surface area contributed by atoms with Gasteiger partial charge in [0.2, 0.25) is 17.6 Å².